The Morgan fingerprint density at radius 1 is 1.12 bits per heavy atom. The maximum Gasteiger partial charge on any atom is 0.141 e. The Balaban J connectivity index is 0.000000811. The van der Waals surface area contributed by atoms with E-state index in [-0.39, 0.29) is 13.0 Å². The predicted octanol–water partition coefficient (Wildman–Crippen LogP) is 3.87. The van der Waals surface area contributed by atoms with Crippen molar-refractivity contribution < 1.29 is 10.9 Å². The number of halogens is 1. The van der Waals surface area contributed by atoms with Gasteiger partial charge in [-0.3, -0.25) is 4.98 Å². The second kappa shape index (κ2) is 5.85. The van der Waals surface area contributed by atoms with Crippen molar-refractivity contribution in [1.29, 1.82) is 0 Å². The second-order valence-electron chi connectivity index (χ2n) is 2.88. The summed E-state index contributed by atoms with van der Waals surface area (Å²) in [7, 11) is 0. The van der Waals surface area contributed by atoms with Crippen LogP contribution in [0.5, 0.6) is 5.75 Å². The Labute approximate surface area is 95.9 Å². The van der Waals surface area contributed by atoms with Crippen LogP contribution in [0.4, 0.5) is 4.39 Å². The number of hydrogen-bond donors (Lipinski definition) is 1. The zero-order valence-electron chi connectivity index (χ0n) is 9.31. The summed E-state index contributed by atoms with van der Waals surface area (Å²) in [6.07, 6.45) is 1.58. The van der Waals surface area contributed by atoms with Crippen molar-refractivity contribution >= 4 is 0 Å². The van der Waals surface area contributed by atoms with Gasteiger partial charge in [0, 0.05) is 13.2 Å². The smallest absolute Gasteiger partial charge is 0.141 e. The van der Waals surface area contributed by atoms with Crippen LogP contribution < -0.4 is 0 Å². The highest BCUT2D eigenvalue weighted by Crippen LogP contribution is 2.25. The van der Waals surface area contributed by atoms with Crippen LogP contribution in [0.25, 0.3) is 11.3 Å². The van der Waals surface area contributed by atoms with Gasteiger partial charge in [0.05, 0.1) is 0 Å². The first-order chi connectivity index (χ1) is 7.77. The third-order valence-corrected chi connectivity index (χ3v) is 1.90. The highest BCUT2D eigenvalue weighted by Gasteiger charge is 2.03. The lowest BCUT2D eigenvalue weighted by Crippen LogP contribution is -1.83. The van der Waals surface area contributed by atoms with E-state index in [1.165, 1.54) is 12.1 Å². The molecule has 0 amide bonds. The van der Waals surface area contributed by atoms with Gasteiger partial charge in [-0.15, -0.1) is 0 Å². The molecule has 0 spiro atoms. The van der Waals surface area contributed by atoms with Crippen molar-refractivity contribution in [2.45, 2.75) is 13.8 Å². The molecule has 1 aromatic heterocycles. The Hall–Kier alpha value is -1.90. The maximum atomic E-state index is 12.6. The molecule has 1 aromatic carbocycles. The summed E-state index contributed by atoms with van der Waals surface area (Å²) in [6, 6.07) is 9.02. The van der Waals surface area contributed by atoms with Crippen LogP contribution in [0.2, 0.25) is 0 Å². The number of aromatic hydroxyl groups is 1. The summed E-state index contributed by atoms with van der Waals surface area (Å²) in [5.41, 5.74) is 1.16. The lowest BCUT2D eigenvalue weighted by Gasteiger charge is -2.02. The van der Waals surface area contributed by atoms with Crippen LogP contribution in [0, 0.1) is 5.82 Å². The van der Waals surface area contributed by atoms with Crippen LogP contribution in [-0.2, 0) is 0 Å². The lowest BCUT2D eigenvalue weighted by molar-refractivity contribution is 0.475. The normalized spacial score (nSPS) is 9.19. The quantitative estimate of drug-likeness (QED) is 0.793. The molecule has 0 aliphatic rings. The minimum atomic E-state index is -0.302. The summed E-state index contributed by atoms with van der Waals surface area (Å²) in [5.74, 6) is -0.205. The van der Waals surface area contributed by atoms with E-state index in [2.05, 4.69) is 4.98 Å². The first-order valence-electron chi connectivity index (χ1n) is 5.17. The molecule has 3 heteroatoms. The van der Waals surface area contributed by atoms with Crippen LogP contribution in [0.3, 0.4) is 0 Å². The van der Waals surface area contributed by atoms with Crippen molar-refractivity contribution in [3.05, 3.63) is 48.4 Å². The van der Waals surface area contributed by atoms with Gasteiger partial charge in [0.25, 0.3) is 0 Å². The van der Waals surface area contributed by atoms with Crippen LogP contribution in [0.15, 0.2) is 42.6 Å². The molecule has 1 N–H and O–H groups in total. The van der Waals surface area contributed by atoms with E-state index < -0.39 is 0 Å². The topological polar surface area (TPSA) is 33.1 Å². The van der Waals surface area contributed by atoms with E-state index >= 15 is 0 Å². The minimum Gasteiger partial charge on any atom is -0.506 e. The highest BCUT2D eigenvalue weighted by molar-refractivity contribution is 5.65. The SMILES string of the molecule is CC.Oc1cccnc1-c1ccc(F)cc1.[HH]. The Kier molecular flexibility index (Phi) is 4.45. The summed E-state index contributed by atoms with van der Waals surface area (Å²) < 4.78 is 12.6. The van der Waals surface area contributed by atoms with E-state index in [4.69, 9.17) is 0 Å². The van der Waals surface area contributed by atoms with Gasteiger partial charge in [-0.25, -0.2) is 4.39 Å². The van der Waals surface area contributed by atoms with Gasteiger partial charge in [0.1, 0.15) is 17.3 Å². The molecule has 86 valence electrons. The fraction of sp³-hybridized carbons (Fsp3) is 0.154. The van der Waals surface area contributed by atoms with Crippen molar-refractivity contribution in [2.75, 3.05) is 0 Å². The van der Waals surface area contributed by atoms with Crippen LogP contribution in [-0.4, -0.2) is 10.1 Å². The first kappa shape index (κ1) is 12.2. The molecular formula is C13H16FNO. The predicted molar refractivity (Wildman–Crippen MR) is 64.8 cm³/mol. The van der Waals surface area contributed by atoms with E-state index in [0.717, 1.165) is 0 Å². The molecule has 0 saturated heterocycles. The molecule has 16 heavy (non-hydrogen) atoms. The zero-order valence-corrected chi connectivity index (χ0v) is 9.31. The van der Waals surface area contributed by atoms with E-state index in [1.807, 2.05) is 13.8 Å². The molecule has 0 radical (unpaired) electrons. The average Bonchev–Trinajstić information content (AvgIpc) is 2.34. The Bertz CT molecular complexity index is 445. The maximum absolute atomic E-state index is 12.6. The monoisotopic (exact) mass is 221 g/mol. The Morgan fingerprint density at radius 2 is 1.75 bits per heavy atom. The largest absolute Gasteiger partial charge is 0.506 e. The number of rotatable bonds is 1. The van der Waals surface area contributed by atoms with Gasteiger partial charge in [-0.2, -0.15) is 0 Å². The van der Waals surface area contributed by atoms with E-state index in [9.17, 15) is 9.50 Å². The number of pyridine rings is 1. The summed E-state index contributed by atoms with van der Waals surface area (Å²) in [5, 5.41) is 9.48. The third-order valence-electron chi connectivity index (χ3n) is 1.90. The summed E-state index contributed by atoms with van der Waals surface area (Å²) >= 11 is 0. The molecule has 2 aromatic rings. The van der Waals surface area contributed by atoms with Crippen LogP contribution in [0.1, 0.15) is 15.3 Å². The minimum absolute atomic E-state index is 0. The van der Waals surface area contributed by atoms with Crippen molar-refractivity contribution in [1.82, 2.24) is 4.98 Å². The standard InChI is InChI=1S/C11H8FNO.C2H6.H2/c12-9-5-3-8(4-6-9)11-10(14)2-1-7-13-11;1-2;/h1-7,14H;1-2H3;1H. The molecule has 0 aliphatic carbocycles. The van der Waals surface area contributed by atoms with E-state index in [0.29, 0.717) is 11.3 Å². The average molecular weight is 221 g/mol. The number of nitrogens with zero attached hydrogens (tertiary/aromatic N) is 1. The fourth-order valence-corrected chi connectivity index (χ4v) is 1.23. The van der Waals surface area contributed by atoms with Gasteiger partial charge < -0.3 is 5.11 Å². The third kappa shape index (κ3) is 2.79. The molecule has 2 nitrogen and oxygen atoms in total. The molecule has 0 atom stereocenters. The Morgan fingerprint density at radius 3 is 2.31 bits per heavy atom. The molecule has 0 saturated carbocycles. The molecule has 1 heterocycles. The van der Waals surface area contributed by atoms with Crippen LogP contribution >= 0.6 is 0 Å². The van der Waals surface area contributed by atoms with Crippen molar-refractivity contribution in [2.24, 2.45) is 0 Å². The van der Waals surface area contributed by atoms with E-state index in [1.54, 1.807) is 30.5 Å². The number of benzene rings is 1. The molecule has 0 fully saturated rings. The van der Waals surface area contributed by atoms with Crippen molar-refractivity contribution in [3.8, 4) is 17.0 Å². The van der Waals surface area contributed by atoms with Gasteiger partial charge in [0.15, 0.2) is 0 Å². The summed E-state index contributed by atoms with van der Waals surface area (Å²) in [6.45, 7) is 4.00. The second-order valence-corrected chi connectivity index (χ2v) is 2.88. The highest BCUT2D eigenvalue weighted by atomic mass is 19.1. The first-order valence-corrected chi connectivity index (χ1v) is 5.17. The van der Waals surface area contributed by atoms with Gasteiger partial charge >= 0.3 is 0 Å². The fourth-order valence-electron chi connectivity index (χ4n) is 1.23. The van der Waals surface area contributed by atoms with Crippen molar-refractivity contribution in [3.63, 3.8) is 0 Å². The van der Waals surface area contributed by atoms with Gasteiger partial charge in [-0.05, 0) is 36.4 Å². The molecular weight excluding hydrogens is 205 g/mol. The lowest BCUT2D eigenvalue weighted by atomic mass is 10.1. The van der Waals surface area contributed by atoms with Gasteiger partial charge in [-0.1, -0.05) is 13.8 Å². The molecule has 0 aliphatic heterocycles. The zero-order chi connectivity index (χ0) is 12.0. The number of hydrogen-bond acceptors (Lipinski definition) is 2. The molecule has 0 unspecified atom stereocenters. The van der Waals surface area contributed by atoms with Gasteiger partial charge in [0.2, 0.25) is 0 Å². The number of aromatic nitrogens is 1. The molecule has 2 rings (SSSR count). The summed E-state index contributed by atoms with van der Waals surface area (Å²) in [4.78, 5) is 4.01. The molecule has 0 bridgehead atoms.